The Morgan fingerprint density at radius 1 is 1.05 bits per heavy atom. The zero-order chi connectivity index (χ0) is 27.2. The number of nitrogens with zero attached hydrogens (tertiary/aromatic N) is 1. The lowest BCUT2D eigenvalue weighted by Crippen LogP contribution is -2.37. The van der Waals surface area contributed by atoms with Gasteiger partial charge in [-0.2, -0.15) is 0 Å². The summed E-state index contributed by atoms with van der Waals surface area (Å²) >= 11 is 6.62. The van der Waals surface area contributed by atoms with Crippen LogP contribution in [0.5, 0.6) is 5.75 Å². The minimum Gasteiger partial charge on any atom is -0.493 e. The molecule has 0 fully saturated rings. The first-order chi connectivity index (χ1) is 17.4. The van der Waals surface area contributed by atoms with Crippen LogP contribution in [0.25, 0.3) is 0 Å². The van der Waals surface area contributed by atoms with Gasteiger partial charge in [0.05, 0.1) is 11.5 Å². The standard InChI is InChI=1S/C30H37ClFNO3S/c1-6-26-27(32)18-25(19-28(26)37(5,34)35)36-17-11-16-33(20-23-13-10-12-22(2)29(23)31)21-30(3,4)24-14-8-7-9-15-24/h7-10,12-15,18-19H,6,11,16-17,20-21H2,1-5H3. The highest BCUT2D eigenvalue weighted by Gasteiger charge is 2.25. The van der Waals surface area contributed by atoms with E-state index in [0.29, 0.717) is 26.0 Å². The number of rotatable bonds is 12. The van der Waals surface area contributed by atoms with Crippen LogP contribution in [-0.2, 0) is 28.2 Å². The van der Waals surface area contributed by atoms with Crippen molar-refractivity contribution < 1.29 is 17.5 Å². The maximum Gasteiger partial charge on any atom is 0.176 e. The number of sulfone groups is 1. The molecular formula is C30H37ClFNO3S. The third-order valence-electron chi connectivity index (χ3n) is 6.61. The van der Waals surface area contributed by atoms with E-state index in [0.717, 1.165) is 35.5 Å². The average molecular weight is 546 g/mol. The minimum absolute atomic E-state index is 0.00896. The number of halogens is 2. The van der Waals surface area contributed by atoms with Gasteiger partial charge >= 0.3 is 0 Å². The van der Waals surface area contributed by atoms with Crippen LogP contribution in [0, 0.1) is 12.7 Å². The van der Waals surface area contributed by atoms with Gasteiger partial charge in [-0.25, -0.2) is 12.8 Å². The fourth-order valence-electron chi connectivity index (χ4n) is 4.65. The molecule has 0 amide bonds. The minimum atomic E-state index is -3.56. The second-order valence-electron chi connectivity index (χ2n) is 10.2. The van der Waals surface area contributed by atoms with Crippen molar-refractivity contribution in [1.82, 2.24) is 4.90 Å². The van der Waals surface area contributed by atoms with Gasteiger partial charge in [0.15, 0.2) is 9.84 Å². The fourth-order valence-corrected chi connectivity index (χ4v) is 5.85. The van der Waals surface area contributed by atoms with Gasteiger partial charge in [0.25, 0.3) is 0 Å². The highest BCUT2D eigenvalue weighted by Crippen LogP contribution is 2.28. The normalized spacial score (nSPS) is 12.2. The van der Waals surface area contributed by atoms with Gasteiger partial charge in [-0.1, -0.05) is 80.9 Å². The van der Waals surface area contributed by atoms with Crippen LogP contribution < -0.4 is 4.74 Å². The van der Waals surface area contributed by atoms with E-state index >= 15 is 0 Å². The summed E-state index contributed by atoms with van der Waals surface area (Å²) < 4.78 is 44.7. The van der Waals surface area contributed by atoms with Gasteiger partial charge in [-0.15, -0.1) is 0 Å². The van der Waals surface area contributed by atoms with Crippen LogP contribution in [0.1, 0.15) is 49.4 Å². The molecule has 0 atom stereocenters. The monoisotopic (exact) mass is 545 g/mol. The van der Waals surface area contributed by atoms with E-state index in [4.69, 9.17) is 16.3 Å². The van der Waals surface area contributed by atoms with E-state index in [1.165, 1.54) is 17.7 Å². The molecule has 7 heteroatoms. The maximum absolute atomic E-state index is 14.6. The molecule has 0 radical (unpaired) electrons. The Hall–Kier alpha value is -2.41. The average Bonchev–Trinajstić information content (AvgIpc) is 2.84. The number of hydrogen-bond acceptors (Lipinski definition) is 4. The molecule has 0 spiro atoms. The molecule has 0 N–H and O–H groups in total. The Morgan fingerprint density at radius 2 is 1.76 bits per heavy atom. The molecule has 0 aliphatic carbocycles. The largest absolute Gasteiger partial charge is 0.493 e. The summed E-state index contributed by atoms with van der Waals surface area (Å²) in [6.45, 7) is 10.8. The van der Waals surface area contributed by atoms with Crippen molar-refractivity contribution in [2.24, 2.45) is 0 Å². The van der Waals surface area contributed by atoms with Crippen molar-refractivity contribution in [3.8, 4) is 5.75 Å². The molecule has 4 nitrogen and oxygen atoms in total. The molecule has 0 heterocycles. The number of hydrogen-bond donors (Lipinski definition) is 0. The predicted molar refractivity (Wildman–Crippen MR) is 150 cm³/mol. The molecule has 37 heavy (non-hydrogen) atoms. The predicted octanol–water partition coefficient (Wildman–Crippen LogP) is 7.00. The van der Waals surface area contributed by atoms with Gasteiger partial charge in [0.2, 0.25) is 0 Å². The van der Waals surface area contributed by atoms with E-state index in [2.05, 4.69) is 49.1 Å². The highest BCUT2D eigenvalue weighted by molar-refractivity contribution is 7.90. The summed E-state index contributed by atoms with van der Waals surface area (Å²) in [5.41, 5.74) is 3.47. The molecule has 0 bridgehead atoms. The number of aryl methyl sites for hydroxylation is 1. The Balaban J connectivity index is 1.74. The Morgan fingerprint density at radius 3 is 2.41 bits per heavy atom. The molecule has 3 rings (SSSR count). The van der Waals surface area contributed by atoms with Crippen molar-refractivity contribution in [2.45, 2.75) is 57.4 Å². The molecule has 0 aromatic heterocycles. The number of benzene rings is 3. The van der Waals surface area contributed by atoms with E-state index in [1.54, 1.807) is 6.92 Å². The summed E-state index contributed by atoms with van der Waals surface area (Å²) in [7, 11) is -3.56. The van der Waals surface area contributed by atoms with Gasteiger partial charge in [0, 0.05) is 48.0 Å². The van der Waals surface area contributed by atoms with E-state index in [1.807, 2.05) is 25.1 Å². The van der Waals surface area contributed by atoms with Gasteiger partial charge in [-0.3, -0.25) is 4.90 Å². The lowest BCUT2D eigenvalue weighted by atomic mass is 9.84. The maximum atomic E-state index is 14.6. The third-order valence-corrected chi connectivity index (χ3v) is 8.31. The summed E-state index contributed by atoms with van der Waals surface area (Å²) in [6.07, 6.45) is 2.06. The second kappa shape index (κ2) is 12.4. The molecule has 3 aromatic rings. The van der Waals surface area contributed by atoms with Gasteiger partial charge in [-0.05, 0) is 42.5 Å². The highest BCUT2D eigenvalue weighted by atomic mass is 35.5. The molecule has 0 aliphatic rings. The summed E-state index contributed by atoms with van der Waals surface area (Å²) in [5, 5.41) is 0.779. The van der Waals surface area contributed by atoms with Gasteiger partial charge in [0.1, 0.15) is 11.6 Å². The molecular weight excluding hydrogens is 509 g/mol. The zero-order valence-corrected chi connectivity index (χ0v) is 23.9. The first-order valence-electron chi connectivity index (χ1n) is 12.6. The summed E-state index contributed by atoms with van der Waals surface area (Å²) in [4.78, 5) is 2.35. The van der Waals surface area contributed by atoms with Gasteiger partial charge < -0.3 is 4.74 Å². The van der Waals surface area contributed by atoms with Crippen molar-refractivity contribution in [3.63, 3.8) is 0 Å². The number of ether oxygens (including phenoxy) is 1. The van der Waals surface area contributed by atoms with Crippen LogP contribution in [0.4, 0.5) is 4.39 Å². The van der Waals surface area contributed by atoms with Crippen molar-refractivity contribution in [3.05, 3.63) is 93.8 Å². The SMILES string of the molecule is CCc1c(F)cc(OCCCN(Cc2cccc(C)c2Cl)CC(C)(C)c2ccccc2)cc1S(C)(=O)=O. The van der Waals surface area contributed by atoms with Crippen LogP contribution in [-0.4, -0.2) is 39.3 Å². The lowest BCUT2D eigenvalue weighted by Gasteiger charge is -2.33. The molecule has 0 aliphatic heterocycles. The summed E-state index contributed by atoms with van der Waals surface area (Å²) in [5.74, 6) is -0.325. The van der Waals surface area contributed by atoms with Crippen molar-refractivity contribution >= 4 is 21.4 Å². The quantitative estimate of drug-likeness (QED) is 0.230. The van der Waals surface area contributed by atoms with E-state index < -0.39 is 15.7 Å². The third kappa shape index (κ3) is 7.79. The van der Waals surface area contributed by atoms with Crippen LogP contribution in [0.2, 0.25) is 5.02 Å². The molecule has 0 saturated heterocycles. The molecule has 200 valence electrons. The lowest BCUT2D eigenvalue weighted by molar-refractivity contribution is 0.194. The Kier molecular flexibility index (Phi) is 9.79. The topological polar surface area (TPSA) is 46.6 Å². The van der Waals surface area contributed by atoms with E-state index in [9.17, 15) is 12.8 Å². The summed E-state index contributed by atoms with van der Waals surface area (Å²) in [6, 6.07) is 19.2. The first-order valence-corrected chi connectivity index (χ1v) is 14.9. The molecule has 0 saturated carbocycles. The van der Waals surface area contributed by atoms with Crippen LogP contribution in [0.3, 0.4) is 0 Å². The Labute approximate surface area is 226 Å². The second-order valence-corrected chi connectivity index (χ2v) is 12.6. The smallest absolute Gasteiger partial charge is 0.176 e. The fraction of sp³-hybridized carbons (Fsp3) is 0.400. The van der Waals surface area contributed by atoms with Crippen molar-refractivity contribution in [1.29, 1.82) is 0 Å². The first kappa shape index (κ1) is 29.2. The zero-order valence-electron chi connectivity index (χ0n) is 22.4. The van der Waals surface area contributed by atoms with E-state index in [-0.39, 0.29) is 21.6 Å². The molecule has 0 unspecified atom stereocenters. The Bertz CT molecular complexity index is 1310. The van der Waals surface area contributed by atoms with Crippen molar-refractivity contribution in [2.75, 3.05) is 26.0 Å². The molecule has 3 aromatic carbocycles. The van der Waals surface area contributed by atoms with Crippen LogP contribution in [0.15, 0.2) is 65.6 Å². The van der Waals surface area contributed by atoms with Crippen LogP contribution >= 0.6 is 11.6 Å².